The van der Waals surface area contributed by atoms with Gasteiger partial charge >= 0.3 is 0 Å². The number of carbonyl (C=O) groups excluding carboxylic acids is 1. The summed E-state index contributed by atoms with van der Waals surface area (Å²) in [6.45, 7) is 2.36. The Balaban J connectivity index is 1.31. The number of fused-ring (bicyclic) bond motifs is 1. The molecular weight excluding hydrogens is 400 g/mol. The number of nitrogens with one attached hydrogen (secondary N) is 1. The molecule has 3 aromatic carbocycles. The molecule has 5 heteroatoms. The number of hydrogen-bond donors (Lipinski definition) is 1. The highest BCUT2D eigenvalue weighted by atomic mass is 16.5. The van der Waals surface area contributed by atoms with Crippen molar-refractivity contribution in [2.24, 2.45) is 0 Å². The zero-order valence-electron chi connectivity index (χ0n) is 17.8. The molecule has 5 nitrogen and oxygen atoms in total. The maximum atomic E-state index is 13.2. The van der Waals surface area contributed by atoms with E-state index in [1.807, 2.05) is 78.9 Å². The number of amides is 1. The Hall–Kier alpha value is -3.86. The normalized spacial score (nSPS) is 14.8. The van der Waals surface area contributed by atoms with Gasteiger partial charge in [0.2, 0.25) is 5.91 Å². The third-order valence-electron chi connectivity index (χ3n) is 5.71. The summed E-state index contributed by atoms with van der Waals surface area (Å²) in [7, 11) is 0. The van der Waals surface area contributed by atoms with Crippen molar-refractivity contribution >= 4 is 5.91 Å². The zero-order valence-corrected chi connectivity index (χ0v) is 17.8. The molecule has 1 unspecified atom stereocenters. The number of ether oxygens (including phenoxy) is 1. The molecule has 0 aliphatic carbocycles. The van der Waals surface area contributed by atoms with E-state index in [0.717, 1.165) is 28.9 Å². The van der Waals surface area contributed by atoms with Gasteiger partial charge in [-0.2, -0.15) is 0 Å². The first-order valence-electron chi connectivity index (χ1n) is 10.8. The fourth-order valence-corrected chi connectivity index (χ4v) is 4.17. The summed E-state index contributed by atoms with van der Waals surface area (Å²) >= 11 is 0. The molecule has 0 bridgehead atoms. The van der Waals surface area contributed by atoms with Crippen LogP contribution < -0.4 is 10.1 Å². The predicted octanol–water partition coefficient (Wildman–Crippen LogP) is 5.11. The molecule has 0 saturated heterocycles. The van der Waals surface area contributed by atoms with E-state index in [4.69, 9.17) is 9.26 Å². The summed E-state index contributed by atoms with van der Waals surface area (Å²) < 4.78 is 11.3. The van der Waals surface area contributed by atoms with Crippen LogP contribution in [0.1, 0.15) is 35.2 Å². The summed E-state index contributed by atoms with van der Waals surface area (Å²) in [4.78, 5) is 13.2. The minimum absolute atomic E-state index is 0.0735. The number of aromatic nitrogens is 1. The van der Waals surface area contributed by atoms with Gasteiger partial charge in [-0.05, 0) is 41.8 Å². The van der Waals surface area contributed by atoms with E-state index in [-0.39, 0.29) is 17.9 Å². The molecule has 1 amide bonds. The molecule has 2 heterocycles. The van der Waals surface area contributed by atoms with Crippen LogP contribution in [0.2, 0.25) is 0 Å². The third-order valence-corrected chi connectivity index (χ3v) is 5.71. The minimum atomic E-state index is -0.387. The first-order chi connectivity index (χ1) is 15.7. The zero-order chi connectivity index (χ0) is 21.9. The molecule has 1 N–H and O–H groups in total. The molecule has 0 spiro atoms. The molecule has 160 valence electrons. The van der Waals surface area contributed by atoms with Gasteiger partial charge in [0.25, 0.3) is 0 Å². The number of benzene rings is 3. The summed E-state index contributed by atoms with van der Waals surface area (Å²) in [5.41, 5.74) is 4.71. The van der Waals surface area contributed by atoms with Crippen LogP contribution in [0.4, 0.5) is 0 Å². The largest absolute Gasteiger partial charge is 0.490 e. The average molecular weight is 425 g/mol. The molecule has 0 saturated carbocycles. The first kappa shape index (κ1) is 20.1. The SMILES string of the molecule is CC1Cc2cc(-c3cc(CNC(=O)C(c4ccccc4)c4ccccc4)no3)ccc2O1. The second-order valence-corrected chi connectivity index (χ2v) is 8.11. The quantitative estimate of drug-likeness (QED) is 0.467. The van der Waals surface area contributed by atoms with Crippen LogP contribution in [0.5, 0.6) is 5.75 Å². The third kappa shape index (κ3) is 4.14. The monoisotopic (exact) mass is 424 g/mol. The smallest absolute Gasteiger partial charge is 0.232 e. The molecule has 1 atom stereocenters. The van der Waals surface area contributed by atoms with Crippen LogP contribution >= 0.6 is 0 Å². The van der Waals surface area contributed by atoms with E-state index < -0.39 is 0 Å². The first-order valence-corrected chi connectivity index (χ1v) is 10.8. The molecule has 4 aromatic rings. The Kier molecular flexibility index (Phi) is 5.46. The Morgan fingerprint density at radius 1 is 1.00 bits per heavy atom. The van der Waals surface area contributed by atoms with Gasteiger partial charge in [0, 0.05) is 18.1 Å². The van der Waals surface area contributed by atoms with Gasteiger partial charge < -0.3 is 14.6 Å². The van der Waals surface area contributed by atoms with Gasteiger partial charge in [-0.15, -0.1) is 0 Å². The predicted molar refractivity (Wildman–Crippen MR) is 122 cm³/mol. The van der Waals surface area contributed by atoms with Crippen LogP contribution in [0, 0.1) is 0 Å². The van der Waals surface area contributed by atoms with Gasteiger partial charge in [-0.1, -0.05) is 65.8 Å². The van der Waals surface area contributed by atoms with E-state index in [1.165, 1.54) is 5.56 Å². The van der Waals surface area contributed by atoms with Crippen LogP contribution in [-0.4, -0.2) is 17.2 Å². The fourth-order valence-electron chi connectivity index (χ4n) is 4.17. The average Bonchev–Trinajstić information content (AvgIpc) is 3.44. The van der Waals surface area contributed by atoms with E-state index in [1.54, 1.807) is 0 Å². The van der Waals surface area contributed by atoms with Crippen molar-refractivity contribution in [1.82, 2.24) is 10.5 Å². The van der Waals surface area contributed by atoms with Gasteiger partial charge in [-0.3, -0.25) is 4.79 Å². The van der Waals surface area contributed by atoms with Crippen molar-refractivity contribution in [2.45, 2.75) is 31.9 Å². The second-order valence-electron chi connectivity index (χ2n) is 8.11. The van der Waals surface area contributed by atoms with Crippen LogP contribution in [0.25, 0.3) is 11.3 Å². The van der Waals surface area contributed by atoms with Crippen molar-refractivity contribution in [3.05, 3.63) is 107 Å². The lowest BCUT2D eigenvalue weighted by Crippen LogP contribution is -2.29. The van der Waals surface area contributed by atoms with E-state index in [9.17, 15) is 4.79 Å². The highest BCUT2D eigenvalue weighted by Gasteiger charge is 2.23. The van der Waals surface area contributed by atoms with Gasteiger partial charge in [-0.25, -0.2) is 0 Å². The Morgan fingerprint density at radius 2 is 1.69 bits per heavy atom. The molecule has 1 aliphatic heterocycles. The molecule has 1 aliphatic rings. The van der Waals surface area contributed by atoms with Crippen LogP contribution in [0.3, 0.4) is 0 Å². The van der Waals surface area contributed by atoms with Gasteiger partial charge in [0.15, 0.2) is 5.76 Å². The van der Waals surface area contributed by atoms with Crippen molar-refractivity contribution in [1.29, 1.82) is 0 Å². The summed E-state index contributed by atoms with van der Waals surface area (Å²) in [6.07, 6.45) is 1.09. The number of nitrogens with zero attached hydrogens (tertiary/aromatic N) is 1. The minimum Gasteiger partial charge on any atom is -0.490 e. The Labute approximate surface area is 187 Å². The fraction of sp³-hybridized carbons (Fsp3) is 0.185. The summed E-state index contributed by atoms with van der Waals surface area (Å²) in [6, 6.07) is 27.5. The number of rotatable bonds is 6. The molecule has 1 aromatic heterocycles. The molecule has 32 heavy (non-hydrogen) atoms. The van der Waals surface area contributed by atoms with Gasteiger partial charge in [0.1, 0.15) is 17.5 Å². The lowest BCUT2D eigenvalue weighted by molar-refractivity contribution is -0.121. The van der Waals surface area contributed by atoms with E-state index in [2.05, 4.69) is 23.5 Å². The van der Waals surface area contributed by atoms with Gasteiger partial charge in [0.05, 0.1) is 12.5 Å². The maximum absolute atomic E-state index is 13.2. The second kappa shape index (κ2) is 8.71. The number of carbonyl (C=O) groups is 1. The Bertz CT molecular complexity index is 1180. The van der Waals surface area contributed by atoms with Crippen molar-refractivity contribution in [2.75, 3.05) is 0 Å². The highest BCUT2D eigenvalue weighted by molar-refractivity contribution is 5.87. The summed E-state index contributed by atoms with van der Waals surface area (Å²) in [5, 5.41) is 7.18. The van der Waals surface area contributed by atoms with Crippen LogP contribution in [-0.2, 0) is 17.8 Å². The van der Waals surface area contributed by atoms with E-state index >= 15 is 0 Å². The van der Waals surface area contributed by atoms with E-state index in [0.29, 0.717) is 18.0 Å². The number of hydrogen-bond acceptors (Lipinski definition) is 4. The van der Waals surface area contributed by atoms with Crippen molar-refractivity contribution in [3.63, 3.8) is 0 Å². The lowest BCUT2D eigenvalue weighted by Gasteiger charge is -2.17. The van der Waals surface area contributed by atoms with Crippen LogP contribution in [0.15, 0.2) is 89.5 Å². The standard InChI is InChI=1S/C27H24N2O3/c1-18-14-22-15-21(12-13-24(22)31-18)25-16-23(29-32-25)17-28-27(30)26(19-8-4-2-5-9-19)20-10-6-3-7-11-20/h2-13,15-16,18,26H,14,17H2,1H3,(H,28,30). The van der Waals surface area contributed by atoms with Crippen molar-refractivity contribution in [3.8, 4) is 17.1 Å². The molecular formula is C27H24N2O3. The highest BCUT2D eigenvalue weighted by Crippen LogP contribution is 2.33. The molecule has 5 rings (SSSR count). The molecule has 0 radical (unpaired) electrons. The topological polar surface area (TPSA) is 64.4 Å². The maximum Gasteiger partial charge on any atom is 0.232 e. The molecule has 0 fully saturated rings. The summed E-state index contributed by atoms with van der Waals surface area (Å²) in [5.74, 6) is 1.15. The van der Waals surface area contributed by atoms with Crippen molar-refractivity contribution < 1.29 is 14.1 Å². The lowest BCUT2D eigenvalue weighted by atomic mass is 9.90. The Morgan fingerprint density at radius 3 is 2.38 bits per heavy atom.